The Labute approximate surface area is 232 Å². The van der Waals surface area contributed by atoms with Gasteiger partial charge in [0.2, 0.25) is 0 Å². The Bertz CT molecular complexity index is 1440. The summed E-state index contributed by atoms with van der Waals surface area (Å²) in [6.07, 6.45) is 6.58. The molecule has 11 heteroatoms. The van der Waals surface area contributed by atoms with Crippen molar-refractivity contribution >= 4 is 27.8 Å². The van der Waals surface area contributed by atoms with E-state index in [0.717, 1.165) is 37.4 Å². The van der Waals surface area contributed by atoms with Gasteiger partial charge in [-0.3, -0.25) is 14.6 Å². The minimum atomic E-state index is -4.30. The van der Waals surface area contributed by atoms with Gasteiger partial charge in [0.1, 0.15) is 5.82 Å². The number of aromatic carboxylic acids is 1. The number of hydrogen-bond donors (Lipinski definition) is 2. The first kappa shape index (κ1) is 30.4. The third kappa shape index (κ3) is 8.70. The molecule has 3 rings (SSSR count). The molecule has 2 N–H and O–H groups in total. The van der Waals surface area contributed by atoms with Crippen LogP contribution in [0.15, 0.2) is 65.7 Å². The van der Waals surface area contributed by atoms with Crippen molar-refractivity contribution < 1.29 is 32.3 Å². The number of nitrogens with zero attached hydrogens (tertiary/aromatic N) is 1. The topological polar surface area (TPSA) is 145 Å². The summed E-state index contributed by atoms with van der Waals surface area (Å²) in [5.41, 5.74) is 1.06. The fraction of sp³-hybridized carbons (Fsp3) is 0.310. The van der Waals surface area contributed by atoms with Crippen LogP contribution in [0.1, 0.15) is 81.4 Å². The molecular weight excluding hydrogens is 537 g/mol. The van der Waals surface area contributed by atoms with Gasteiger partial charge in [-0.25, -0.2) is 17.5 Å². The van der Waals surface area contributed by atoms with Gasteiger partial charge in [0.05, 0.1) is 22.1 Å². The number of halogens is 1. The molecule has 2 amide bonds. The molecule has 212 valence electrons. The largest absolute Gasteiger partial charge is 0.543 e. The molecule has 1 heterocycles. The Morgan fingerprint density at radius 3 is 2.23 bits per heavy atom. The highest BCUT2D eigenvalue weighted by Gasteiger charge is 2.22. The average Bonchev–Trinajstić information content (AvgIpc) is 2.93. The van der Waals surface area contributed by atoms with Gasteiger partial charge in [-0.15, -0.1) is 0 Å². The number of amides is 2. The van der Waals surface area contributed by atoms with Crippen molar-refractivity contribution in [3.63, 3.8) is 0 Å². The first-order valence-corrected chi connectivity index (χ1v) is 14.5. The van der Waals surface area contributed by atoms with E-state index in [1.807, 2.05) is 4.72 Å². The normalized spacial score (nSPS) is 11.2. The second kappa shape index (κ2) is 14.3. The lowest BCUT2D eigenvalue weighted by atomic mass is 10.0. The van der Waals surface area contributed by atoms with Crippen LogP contribution in [0.5, 0.6) is 0 Å². The molecule has 3 aromatic rings. The van der Waals surface area contributed by atoms with E-state index in [9.17, 15) is 32.3 Å². The number of aryl methyl sites for hydroxylation is 1. The lowest BCUT2D eigenvalue weighted by molar-refractivity contribution is -0.255. The predicted molar refractivity (Wildman–Crippen MR) is 145 cm³/mol. The zero-order valence-corrected chi connectivity index (χ0v) is 22.9. The average molecular weight is 569 g/mol. The Hall–Kier alpha value is -4.12. The Morgan fingerprint density at radius 1 is 0.900 bits per heavy atom. The highest BCUT2D eigenvalue weighted by Crippen LogP contribution is 2.17. The van der Waals surface area contributed by atoms with Crippen molar-refractivity contribution in [2.24, 2.45) is 0 Å². The van der Waals surface area contributed by atoms with Gasteiger partial charge in [-0.1, -0.05) is 44.7 Å². The van der Waals surface area contributed by atoms with Gasteiger partial charge in [0, 0.05) is 18.3 Å². The zero-order valence-electron chi connectivity index (χ0n) is 22.1. The fourth-order valence-corrected chi connectivity index (χ4v) is 5.00. The van der Waals surface area contributed by atoms with E-state index >= 15 is 0 Å². The standard InChI is InChI=1S/C29H32FN3O6S/c1-2-3-4-5-6-7-22-18-26(29(36)37)32-19-25(22)28(35)33-40(38,39)24-14-10-21(11-15-24)27(34)31-17-16-20-8-12-23(30)13-9-20/h8-15,18-19H,2-7,16-17H2,1H3,(H,31,34)(H,33,35)(H,36,37)/p-1. The van der Waals surface area contributed by atoms with Gasteiger partial charge in [0.15, 0.2) is 0 Å². The number of carboxylic acids is 1. The summed E-state index contributed by atoms with van der Waals surface area (Å²) in [5, 5.41) is 14.0. The van der Waals surface area contributed by atoms with Crippen LogP contribution in [0, 0.1) is 5.82 Å². The molecule has 1 aromatic heterocycles. The SMILES string of the molecule is CCCCCCCc1cc(C(=O)[O-])ncc1C(=O)NS(=O)(=O)c1ccc(C(=O)NCCc2ccc(F)cc2)cc1. The molecule has 0 aliphatic rings. The maximum atomic E-state index is 13.0. The van der Waals surface area contributed by atoms with Crippen molar-refractivity contribution in [3.05, 3.63) is 94.6 Å². The fourth-order valence-electron chi connectivity index (χ4n) is 4.03. The number of rotatable bonds is 14. The number of unbranched alkanes of at least 4 members (excludes halogenated alkanes) is 4. The second-order valence-electron chi connectivity index (χ2n) is 9.27. The lowest BCUT2D eigenvalue weighted by Crippen LogP contribution is -2.32. The van der Waals surface area contributed by atoms with Crippen molar-refractivity contribution in [2.45, 2.75) is 56.8 Å². The minimum absolute atomic E-state index is 0.0405. The molecule has 0 atom stereocenters. The van der Waals surface area contributed by atoms with Crippen molar-refractivity contribution in [1.29, 1.82) is 0 Å². The van der Waals surface area contributed by atoms with E-state index in [2.05, 4.69) is 17.2 Å². The number of aromatic nitrogens is 1. The zero-order chi connectivity index (χ0) is 29.1. The summed E-state index contributed by atoms with van der Waals surface area (Å²) >= 11 is 0. The molecule has 0 saturated heterocycles. The molecule has 0 spiro atoms. The highest BCUT2D eigenvalue weighted by molar-refractivity contribution is 7.90. The van der Waals surface area contributed by atoms with Crippen LogP contribution >= 0.6 is 0 Å². The van der Waals surface area contributed by atoms with Crippen LogP contribution in [0.25, 0.3) is 0 Å². The molecule has 0 aliphatic heterocycles. The molecule has 0 aliphatic carbocycles. The number of carbonyl (C=O) groups is 3. The maximum absolute atomic E-state index is 13.0. The maximum Gasteiger partial charge on any atom is 0.266 e. The quantitative estimate of drug-likeness (QED) is 0.284. The summed E-state index contributed by atoms with van der Waals surface area (Å²) in [6, 6.07) is 12.2. The molecular formula is C29H31FN3O6S-. The van der Waals surface area contributed by atoms with E-state index in [4.69, 9.17) is 0 Å². The number of sulfonamides is 1. The van der Waals surface area contributed by atoms with E-state index < -0.39 is 27.8 Å². The molecule has 0 unspecified atom stereocenters. The Balaban J connectivity index is 1.64. The first-order chi connectivity index (χ1) is 19.1. The van der Waals surface area contributed by atoms with E-state index in [1.54, 1.807) is 12.1 Å². The van der Waals surface area contributed by atoms with Crippen LogP contribution in [-0.2, 0) is 22.9 Å². The molecule has 0 saturated carbocycles. The van der Waals surface area contributed by atoms with Gasteiger partial charge in [0.25, 0.3) is 21.8 Å². The molecule has 0 fully saturated rings. The first-order valence-electron chi connectivity index (χ1n) is 13.0. The van der Waals surface area contributed by atoms with Crippen molar-refractivity contribution in [3.8, 4) is 0 Å². The summed E-state index contributed by atoms with van der Waals surface area (Å²) in [5.74, 6) is -3.20. The summed E-state index contributed by atoms with van der Waals surface area (Å²) in [7, 11) is -4.30. The molecule has 40 heavy (non-hydrogen) atoms. The summed E-state index contributed by atoms with van der Waals surface area (Å²) in [4.78, 5) is 40.1. The number of carboxylic acid groups (broad SMARTS) is 1. The van der Waals surface area contributed by atoms with Crippen LogP contribution in [-0.4, -0.2) is 37.7 Å². The minimum Gasteiger partial charge on any atom is -0.543 e. The molecule has 9 nitrogen and oxygen atoms in total. The van der Waals surface area contributed by atoms with E-state index in [-0.39, 0.29) is 27.5 Å². The highest BCUT2D eigenvalue weighted by atomic mass is 32.2. The number of pyridine rings is 1. The van der Waals surface area contributed by atoms with Gasteiger partial charge < -0.3 is 15.2 Å². The number of carbonyl (C=O) groups excluding carboxylic acids is 3. The predicted octanol–water partition coefficient (Wildman–Crippen LogP) is 3.19. The number of benzene rings is 2. The third-order valence-electron chi connectivity index (χ3n) is 6.26. The van der Waals surface area contributed by atoms with Gasteiger partial charge in [-0.05, 0) is 72.9 Å². The monoisotopic (exact) mass is 568 g/mol. The van der Waals surface area contributed by atoms with Crippen LogP contribution in [0.3, 0.4) is 0 Å². The van der Waals surface area contributed by atoms with Crippen LogP contribution in [0.2, 0.25) is 0 Å². The second-order valence-corrected chi connectivity index (χ2v) is 11.0. The summed E-state index contributed by atoms with van der Waals surface area (Å²) in [6.45, 7) is 2.38. The van der Waals surface area contributed by atoms with Crippen molar-refractivity contribution in [1.82, 2.24) is 15.0 Å². The van der Waals surface area contributed by atoms with Crippen LogP contribution < -0.4 is 15.1 Å². The van der Waals surface area contributed by atoms with Crippen LogP contribution in [0.4, 0.5) is 4.39 Å². The third-order valence-corrected chi connectivity index (χ3v) is 7.61. The number of hydrogen-bond acceptors (Lipinski definition) is 7. The molecule has 0 bridgehead atoms. The van der Waals surface area contributed by atoms with E-state index in [0.29, 0.717) is 31.4 Å². The molecule has 2 aromatic carbocycles. The summed E-state index contributed by atoms with van der Waals surface area (Å²) < 4.78 is 40.8. The Morgan fingerprint density at radius 2 is 1.57 bits per heavy atom. The van der Waals surface area contributed by atoms with Gasteiger partial charge in [-0.2, -0.15) is 0 Å². The number of nitrogens with one attached hydrogen (secondary N) is 2. The van der Waals surface area contributed by atoms with E-state index in [1.165, 1.54) is 42.5 Å². The smallest absolute Gasteiger partial charge is 0.266 e. The lowest BCUT2D eigenvalue weighted by Gasteiger charge is -2.13. The van der Waals surface area contributed by atoms with Gasteiger partial charge >= 0.3 is 0 Å². The Kier molecular flexibility index (Phi) is 10.9. The molecule has 0 radical (unpaired) electrons. The van der Waals surface area contributed by atoms with Crippen molar-refractivity contribution in [2.75, 3.05) is 6.54 Å².